The van der Waals surface area contributed by atoms with Crippen molar-refractivity contribution in [2.45, 2.75) is 45.7 Å². The van der Waals surface area contributed by atoms with E-state index < -0.39 is 0 Å². The van der Waals surface area contributed by atoms with E-state index in [9.17, 15) is 0 Å². The first kappa shape index (κ1) is 14.8. The number of aryl methyl sites for hydroxylation is 2. The molecule has 0 spiro atoms. The molecule has 0 unspecified atom stereocenters. The summed E-state index contributed by atoms with van der Waals surface area (Å²) < 4.78 is 6.68. The fourth-order valence-electron chi connectivity index (χ4n) is 3.29. The largest absolute Gasteiger partial charge is 0.361 e. The third kappa shape index (κ3) is 2.92. The van der Waals surface area contributed by atoms with Crippen molar-refractivity contribution in [2.24, 2.45) is 0 Å². The Morgan fingerprint density at radius 3 is 2.95 bits per heavy atom. The molecular weight excluding hydrogens is 328 g/mol. The first-order valence-corrected chi connectivity index (χ1v) is 8.42. The van der Waals surface area contributed by atoms with Crippen LogP contribution in [-0.2, 0) is 13.0 Å². The molecule has 21 heavy (non-hydrogen) atoms. The molecule has 1 fully saturated rings. The van der Waals surface area contributed by atoms with Crippen LogP contribution in [0.25, 0.3) is 0 Å². The van der Waals surface area contributed by atoms with Gasteiger partial charge in [-0.15, -0.1) is 0 Å². The molecule has 0 radical (unpaired) electrons. The summed E-state index contributed by atoms with van der Waals surface area (Å²) in [6.45, 7) is 6.31. The molecule has 112 valence electrons. The Morgan fingerprint density at radius 2 is 2.19 bits per heavy atom. The molecule has 2 heterocycles. The van der Waals surface area contributed by atoms with Crippen molar-refractivity contribution in [3.8, 4) is 0 Å². The van der Waals surface area contributed by atoms with Gasteiger partial charge in [-0.05, 0) is 37.9 Å². The molecular formula is C17H21BrN2O. The van der Waals surface area contributed by atoms with Gasteiger partial charge in [0, 0.05) is 29.0 Å². The molecule has 0 aliphatic carbocycles. The normalized spacial score (nSPS) is 19.3. The maximum absolute atomic E-state index is 5.49. The predicted octanol–water partition coefficient (Wildman–Crippen LogP) is 4.65. The van der Waals surface area contributed by atoms with E-state index in [1.54, 1.807) is 0 Å². The number of rotatable bonds is 4. The van der Waals surface area contributed by atoms with E-state index >= 15 is 0 Å². The Hall–Kier alpha value is -1.13. The van der Waals surface area contributed by atoms with Crippen molar-refractivity contribution in [2.75, 3.05) is 6.54 Å². The predicted molar refractivity (Wildman–Crippen MR) is 87.1 cm³/mol. The molecule has 0 N–H and O–H groups in total. The van der Waals surface area contributed by atoms with Crippen LogP contribution in [-0.4, -0.2) is 16.6 Å². The Bertz CT molecular complexity index is 623. The smallest absolute Gasteiger partial charge is 0.141 e. The van der Waals surface area contributed by atoms with Crippen molar-refractivity contribution in [3.05, 3.63) is 51.3 Å². The quantitative estimate of drug-likeness (QED) is 0.805. The number of likely N-dealkylation sites (tertiary alicyclic amines) is 1. The minimum absolute atomic E-state index is 0.443. The van der Waals surface area contributed by atoms with Crippen LogP contribution >= 0.6 is 15.9 Å². The average Bonchev–Trinajstić information content (AvgIpc) is 3.07. The molecule has 1 saturated heterocycles. The summed E-state index contributed by atoms with van der Waals surface area (Å²) >= 11 is 3.66. The number of benzene rings is 1. The SMILES string of the molecule is CCc1onc(C)c1[C@@H]1CCCN1Cc1ccccc1Br. The zero-order valence-corrected chi connectivity index (χ0v) is 14.2. The zero-order chi connectivity index (χ0) is 14.8. The molecule has 3 rings (SSSR count). The number of halogens is 1. The van der Waals surface area contributed by atoms with E-state index in [0.717, 1.165) is 31.0 Å². The number of aromatic nitrogens is 1. The highest BCUT2D eigenvalue weighted by molar-refractivity contribution is 9.10. The number of hydrogen-bond acceptors (Lipinski definition) is 3. The van der Waals surface area contributed by atoms with Gasteiger partial charge in [0.15, 0.2) is 0 Å². The molecule has 1 aromatic carbocycles. The molecule has 0 saturated carbocycles. The Kier molecular flexibility index (Phi) is 4.45. The molecule has 1 aliphatic rings. The standard InChI is InChI=1S/C17H21BrN2O/c1-3-16-17(12(2)19-21-16)15-9-6-10-20(15)11-13-7-4-5-8-14(13)18/h4-5,7-8,15H,3,6,9-11H2,1-2H3/t15-/m0/s1. The lowest BCUT2D eigenvalue weighted by molar-refractivity contribution is 0.244. The van der Waals surface area contributed by atoms with Crippen molar-refractivity contribution < 1.29 is 4.52 Å². The maximum Gasteiger partial charge on any atom is 0.141 e. The molecule has 3 nitrogen and oxygen atoms in total. The second kappa shape index (κ2) is 6.32. The molecule has 0 bridgehead atoms. The van der Waals surface area contributed by atoms with Crippen molar-refractivity contribution in [1.29, 1.82) is 0 Å². The van der Waals surface area contributed by atoms with E-state index in [2.05, 4.69) is 64.1 Å². The van der Waals surface area contributed by atoms with Gasteiger partial charge in [-0.2, -0.15) is 0 Å². The summed E-state index contributed by atoms with van der Waals surface area (Å²) in [6, 6.07) is 8.92. The second-order valence-corrected chi connectivity index (χ2v) is 6.53. The zero-order valence-electron chi connectivity index (χ0n) is 12.6. The Labute approximate surface area is 134 Å². The average molecular weight is 349 g/mol. The summed E-state index contributed by atoms with van der Waals surface area (Å²) in [5, 5.41) is 4.18. The molecule has 4 heteroatoms. The summed E-state index contributed by atoms with van der Waals surface area (Å²) in [5.41, 5.74) is 3.72. The Morgan fingerprint density at radius 1 is 1.38 bits per heavy atom. The van der Waals surface area contributed by atoms with Crippen LogP contribution < -0.4 is 0 Å². The topological polar surface area (TPSA) is 29.3 Å². The van der Waals surface area contributed by atoms with E-state index in [1.807, 2.05) is 0 Å². The van der Waals surface area contributed by atoms with Gasteiger partial charge in [0.25, 0.3) is 0 Å². The highest BCUT2D eigenvalue weighted by atomic mass is 79.9. The van der Waals surface area contributed by atoms with Gasteiger partial charge in [-0.3, -0.25) is 4.90 Å². The minimum atomic E-state index is 0.443. The van der Waals surface area contributed by atoms with E-state index in [0.29, 0.717) is 6.04 Å². The van der Waals surface area contributed by atoms with Gasteiger partial charge in [0.2, 0.25) is 0 Å². The third-order valence-corrected chi connectivity index (χ3v) is 5.11. The number of hydrogen-bond donors (Lipinski definition) is 0. The minimum Gasteiger partial charge on any atom is -0.361 e. The van der Waals surface area contributed by atoms with Crippen molar-refractivity contribution >= 4 is 15.9 Å². The lowest BCUT2D eigenvalue weighted by Gasteiger charge is -2.25. The van der Waals surface area contributed by atoms with Gasteiger partial charge < -0.3 is 4.52 Å². The van der Waals surface area contributed by atoms with E-state index in [-0.39, 0.29) is 0 Å². The molecule has 0 amide bonds. The third-order valence-electron chi connectivity index (χ3n) is 4.33. The first-order valence-electron chi connectivity index (χ1n) is 7.63. The van der Waals surface area contributed by atoms with Gasteiger partial charge in [-0.1, -0.05) is 46.2 Å². The van der Waals surface area contributed by atoms with Gasteiger partial charge in [0.1, 0.15) is 5.76 Å². The highest BCUT2D eigenvalue weighted by Crippen LogP contribution is 2.37. The molecule has 1 aliphatic heterocycles. The van der Waals surface area contributed by atoms with Gasteiger partial charge in [-0.25, -0.2) is 0 Å². The fourth-order valence-corrected chi connectivity index (χ4v) is 3.70. The second-order valence-electron chi connectivity index (χ2n) is 5.68. The van der Waals surface area contributed by atoms with Gasteiger partial charge in [0.05, 0.1) is 5.69 Å². The van der Waals surface area contributed by atoms with E-state index in [1.165, 1.54) is 28.4 Å². The van der Waals surface area contributed by atoms with Crippen LogP contribution in [0.15, 0.2) is 33.3 Å². The first-order chi connectivity index (χ1) is 10.2. The maximum atomic E-state index is 5.49. The van der Waals surface area contributed by atoms with E-state index in [4.69, 9.17) is 4.52 Å². The fraction of sp³-hybridized carbons (Fsp3) is 0.471. The molecule has 1 aromatic heterocycles. The Balaban J connectivity index is 1.86. The molecule has 1 atom stereocenters. The summed E-state index contributed by atoms with van der Waals surface area (Å²) in [4.78, 5) is 2.55. The van der Waals surface area contributed by atoms with Crippen molar-refractivity contribution in [1.82, 2.24) is 10.1 Å². The van der Waals surface area contributed by atoms with Crippen molar-refractivity contribution in [3.63, 3.8) is 0 Å². The highest BCUT2D eigenvalue weighted by Gasteiger charge is 2.31. The molecule has 2 aromatic rings. The lowest BCUT2D eigenvalue weighted by Crippen LogP contribution is -2.23. The van der Waals surface area contributed by atoms with Crippen LogP contribution in [0.1, 0.15) is 48.4 Å². The summed E-state index contributed by atoms with van der Waals surface area (Å²) in [6.07, 6.45) is 3.35. The van der Waals surface area contributed by atoms with Crippen LogP contribution in [0.5, 0.6) is 0 Å². The summed E-state index contributed by atoms with van der Waals surface area (Å²) in [5.74, 6) is 1.05. The van der Waals surface area contributed by atoms with Crippen LogP contribution in [0.4, 0.5) is 0 Å². The van der Waals surface area contributed by atoms with Crippen LogP contribution in [0, 0.1) is 6.92 Å². The van der Waals surface area contributed by atoms with Crippen LogP contribution in [0.3, 0.4) is 0 Å². The van der Waals surface area contributed by atoms with Crippen LogP contribution in [0.2, 0.25) is 0 Å². The monoisotopic (exact) mass is 348 g/mol. The summed E-state index contributed by atoms with van der Waals surface area (Å²) in [7, 11) is 0. The number of nitrogens with zero attached hydrogens (tertiary/aromatic N) is 2. The lowest BCUT2D eigenvalue weighted by atomic mass is 10.0. The van der Waals surface area contributed by atoms with Gasteiger partial charge >= 0.3 is 0 Å².